The molecular weight excluding hydrogens is 396 g/mol. The molecule has 0 aliphatic heterocycles. The molecule has 1 aromatic heterocycles. The van der Waals surface area contributed by atoms with Gasteiger partial charge in [-0.1, -0.05) is 18.2 Å². The summed E-state index contributed by atoms with van der Waals surface area (Å²) in [5, 5.41) is 0.861. The molecular formula is C20H22N2O4S2. The predicted molar refractivity (Wildman–Crippen MR) is 111 cm³/mol. The number of nitrogens with one attached hydrogen (secondary N) is 1. The van der Waals surface area contributed by atoms with Crippen LogP contribution >= 0.6 is 11.3 Å². The van der Waals surface area contributed by atoms with Crippen LogP contribution in [0.3, 0.4) is 0 Å². The summed E-state index contributed by atoms with van der Waals surface area (Å²) in [4.78, 5) is 5.94. The number of methoxy groups -OCH3 is 2. The number of ether oxygens (including phenoxy) is 2. The van der Waals surface area contributed by atoms with Crippen molar-refractivity contribution in [3.8, 4) is 22.1 Å². The standard InChI is InChI=1S/C20H22N2O4S2/c1-14-19(11-12-21-28(23,24)16-7-5-4-6-8-16)27-20(22-14)15-9-10-17(25-2)18(13-15)26-3/h4-10,13,21H,11-12H2,1-3H3. The lowest BCUT2D eigenvalue weighted by Crippen LogP contribution is -2.25. The van der Waals surface area contributed by atoms with Crippen LogP contribution in [0.2, 0.25) is 0 Å². The lowest BCUT2D eigenvalue weighted by Gasteiger charge is -2.08. The van der Waals surface area contributed by atoms with E-state index in [9.17, 15) is 8.42 Å². The highest BCUT2D eigenvalue weighted by Gasteiger charge is 2.15. The lowest BCUT2D eigenvalue weighted by atomic mass is 10.2. The van der Waals surface area contributed by atoms with Crippen molar-refractivity contribution < 1.29 is 17.9 Å². The molecule has 0 spiro atoms. The van der Waals surface area contributed by atoms with E-state index in [1.165, 1.54) is 0 Å². The van der Waals surface area contributed by atoms with Gasteiger partial charge in [-0.2, -0.15) is 0 Å². The van der Waals surface area contributed by atoms with E-state index < -0.39 is 10.0 Å². The maximum Gasteiger partial charge on any atom is 0.240 e. The monoisotopic (exact) mass is 418 g/mol. The Morgan fingerprint density at radius 1 is 1.04 bits per heavy atom. The van der Waals surface area contributed by atoms with E-state index in [4.69, 9.17) is 9.47 Å². The average molecular weight is 419 g/mol. The summed E-state index contributed by atoms with van der Waals surface area (Å²) in [5.41, 5.74) is 1.83. The maximum atomic E-state index is 12.3. The van der Waals surface area contributed by atoms with E-state index in [0.717, 1.165) is 21.1 Å². The van der Waals surface area contributed by atoms with Crippen molar-refractivity contribution in [3.63, 3.8) is 0 Å². The van der Waals surface area contributed by atoms with Gasteiger partial charge in [0.05, 0.1) is 24.8 Å². The first-order chi connectivity index (χ1) is 13.4. The molecule has 0 fully saturated rings. The molecule has 6 nitrogen and oxygen atoms in total. The molecule has 8 heteroatoms. The molecule has 148 valence electrons. The molecule has 0 amide bonds. The first-order valence-electron chi connectivity index (χ1n) is 8.68. The number of rotatable bonds is 8. The minimum atomic E-state index is -3.50. The van der Waals surface area contributed by atoms with Crippen LogP contribution in [-0.2, 0) is 16.4 Å². The molecule has 3 aromatic rings. The van der Waals surface area contributed by atoms with Gasteiger partial charge in [-0.3, -0.25) is 0 Å². The highest BCUT2D eigenvalue weighted by molar-refractivity contribution is 7.89. The zero-order valence-corrected chi connectivity index (χ0v) is 17.6. The second-order valence-electron chi connectivity index (χ2n) is 6.06. The molecule has 0 saturated carbocycles. The number of hydrogen-bond donors (Lipinski definition) is 1. The molecule has 0 unspecified atom stereocenters. The van der Waals surface area contributed by atoms with Gasteiger partial charge >= 0.3 is 0 Å². The molecule has 0 radical (unpaired) electrons. The van der Waals surface area contributed by atoms with Gasteiger partial charge in [0.2, 0.25) is 10.0 Å². The minimum absolute atomic E-state index is 0.266. The molecule has 0 atom stereocenters. The van der Waals surface area contributed by atoms with Gasteiger partial charge in [0.15, 0.2) is 11.5 Å². The SMILES string of the molecule is COc1ccc(-c2nc(C)c(CCNS(=O)(=O)c3ccccc3)s2)cc1OC. The van der Waals surface area contributed by atoms with E-state index >= 15 is 0 Å². The van der Waals surface area contributed by atoms with Crippen LogP contribution in [0.4, 0.5) is 0 Å². The fourth-order valence-corrected chi connectivity index (χ4v) is 4.85. The van der Waals surface area contributed by atoms with Gasteiger partial charge in [0, 0.05) is 17.0 Å². The Labute approximate surface area is 169 Å². The molecule has 2 aromatic carbocycles. The Hall–Kier alpha value is -2.42. The Bertz CT molecular complexity index is 1050. The molecule has 28 heavy (non-hydrogen) atoms. The Kier molecular flexibility index (Phi) is 6.33. The number of sulfonamides is 1. The third-order valence-corrected chi connectivity index (χ3v) is 6.96. The number of aryl methyl sites for hydroxylation is 1. The maximum absolute atomic E-state index is 12.3. The van der Waals surface area contributed by atoms with Crippen molar-refractivity contribution in [2.75, 3.05) is 20.8 Å². The van der Waals surface area contributed by atoms with Gasteiger partial charge in [-0.05, 0) is 43.7 Å². The summed E-state index contributed by atoms with van der Waals surface area (Å²) in [6, 6.07) is 14.0. The van der Waals surface area contributed by atoms with E-state index in [2.05, 4.69) is 9.71 Å². The highest BCUT2D eigenvalue weighted by Crippen LogP contribution is 2.35. The number of hydrogen-bond acceptors (Lipinski definition) is 6. The van der Waals surface area contributed by atoms with Crippen molar-refractivity contribution in [2.45, 2.75) is 18.2 Å². The summed E-state index contributed by atoms with van der Waals surface area (Å²) in [6.45, 7) is 2.24. The average Bonchev–Trinajstić information content (AvgIpc) is 3.08. The van der Waals surface area contributed by atoms with E-state index in [0.29, 0.717) is 24.5 Å². The largest absolute Gasteiger partial charge is 0.493 e. The van der Waals surface area contributed by atoms with Crippen molar-refractivity contribution in [1.29, 1.82) is 0 Å². The van der Waals surface area contributed by atoms with Crippen molar-refractivity contribution in [1.82, 2.24) is 9.71 Å². The number of nitrogens with zero attached hydrogens (tertiary/aromatic N) is 1. The third-order valence-electron chi connectivity index (χ3n) is 4.22. The summed E-state index contributed by atoms with van der Waals surface area (Å²) >= 11 is 1.55. The van der Waals surface area contributed by atoms with Crippen LogP contribution in [0.15, 0.2) is 53.4 Å². The Morgan fingerprint density at radius 3 is 2.43 bits per heavy atom. The quantitative estimate of drug-likeness (QED) is 0.604. The molecule has 0 saturated heterocycles. The fourth-order valence-electron chi connectivity index (χ4n) is 2.73. The molecule has 3 rings (SSSR count). The fraction of sp³-hybridized carbons (Fsp3) is 0.250. The van der Waals surface area contributed by atoms with E-state index in [1.807, 2.05) is 25.1 Å². The third kappa shape index (κ3) is 4.52. The first kappa shape index (κ1) is 20.3. The first-order valence-corrected chi connectivity index (χ1v) is 11.0. The molecule has 1 N–H and O–H groups in total. The van der Waals surface area contributed by atoms with Gasteiger partial charge < -0.3 is 9.47 Å². The van der Waals surface area contributed by atoms with Crippen LogP contribution in [0, 0.1) is 6.92 Å². The molecule has 0 aliphatic rings. The summed E-state index contributed by atoms with van der Waals surface area (Å²) in [6.07, 6.45) is 0.572. The van der Waals surface area contributed by atoms with Crippen molar-refractivity contribution in [3.05, 3.63) is 59.1 Å². The normalized spacial score (nSPS) is 11.4. The molecule has 0 bridgehead atoms. The second kappa shape index (κ2) is 8.72. The summed E-state index contributed by atoms with van der Waals surface area (Å²) < 4.78 is 37.9. The predicted octanol–water partition coefficient (Wildman–Crippen LogP) is 3.66. The zero-order valence-electron chi connectivity index (χ0n) is 15.9. The van der Waals surface area contributed by atoms with E-state index in [-0.39, 0.29) is 4.90 Å². The van der Waals surface area contributed by atoms with Crippen LogP contribution in [0.25, 0.3) is 10.6 Å². The topological polar surface area (TPSA) is 77.5 Å². The molecule has 0 aliphatic carbocycles. The molecule has 1 heterocycles. The van der Waals surface area contributed by atoms with Gasteiger partial charge in [0.25, 0.3) is 0 Å². The van der Waals surface area contributed by atoms with Gasteiger partial charge in [-0.25, -0.2) is 18.1 Å². The highest BCUT2D eigenvalue weighted by atomic mass is 32.2. The summed E-state index contributed by atoms with van der Waals surface area (Å²) in [5.74, 6) is 1.31. The number of thiazole rings is 1. The lowest BCUT2D eigenvalue weighted by molar-refractivity contribution is 0.355. The van der Waals surface area contributed by atoms with E-state index in [1.54, 1.807) is 55.9 Å². The second-order valence-corrected chi connectivity index (χ2v) is 8.91. The number of benzene rings is 2. The van der Waals surface area contributed by atoms with Crippen LogP contribution in [0.1, 0.15) is 10.6 Å². The van der Waals surface area contributed by atoms with Crippen LogP contribution in [-0.4, -0.2) is 34.2 Å². The Morgan fingerprint density at radius 2 is 1.75 bits per heavy atom. The van der Waals surface area contributed by atoms with Crippen LogP contribution in [0.5, 0.6) is 11.5 Å². The minimum Gasteiger partial charge on any atom is -0.493 e. The Balaban J connectivity index is 1.71. The van der Waals surface area contributed by atoms with Crippen molar-refractivity contribution in [2.24, 2.45) is 0 Å². The summed E-state index contributed by atoms with van der Waals surface area (Å²) in [7, 11) is -0.308. The van der Waals surface area contributed by atoms with Gasteiger partial charge in [-0.15, -0.1) is 11.3 Å². The van der Waals surface area contributed by atoms with Gasteiger partial charge in [0.1, 0.15) is 5.01 Å². The van der Waals surface area contributed by atoms with Crippen LogP contribution < -0.4 is 14.2 Å². The van der Waals surface area contributed by atoms with Crippen molar-refractivity contribution >= 4 is 21.4 Å². The number of aromatic nitrogens is 1. The zero-order chi connectivity index (χ0) is 20.1. The smallest absolute Gasteiger partial charge is 0.240 e.